The van der Waals surface area contributed by atoms with Crippen LogP contribution in [0.2, 0.25) is 0 Å². The summed E-state index contributed by atoms with van der Waals surface area (Å²) in [6.07, 6.45) is 0. The first-order chi connectivity index (χ1) is 8.06. The van der Waals surface area contributed by atoms with Crippen LogP contribution < -0.4 is 5.73 Å². The second kappa shape index (κ2) is 4.76. The molecular formula is C9H10N4O2S2. The molecule has 0 fully saturated rings. The molecule has 0 amide bonds. The van der Waals surface area contributed by atoms with Gasteiger partial charge < -0.3 is 10.8 Å². The molecule has 6 nitrogen and oxygen atoms in total. The Hall–Kier alpha value is -1.54. The number of nitrogens with two attached hydrogens (primary N) is 1. The van der Waals surface area contributed by atoms with Crippen molar-refractivity contribution < 1.29 is 9.90 Å². The van der Waals surface area contributed by atoms with E-state index in [9.17, 15) is 4.79 Å². The fourth-order valence-corrected chi connectivity index (χ4v) is 3.06. The zero-order chi connectivity index (χ0) is 12.4. The number of aromatic carboxylic acids is 1. The van der Waals surface area contributed by atoms with Crippen LogP contribution in [-0.4, -0.2) is 26.3 Å². The van der Waals surface area contributed by atoms with Gasteiger partial charge in [0.2, 0.25) is 11.1 Å². The van der Waals surface area contributed by atoms with Gasteiger partial charge in [0.15, 0.2) is 0 Å². The molecule has 90 valence electrons. The van der Waals surface area contributed by atoms with Gasteiger partial charge in [-0.05, 0) is 18.6 Å². The number of aromatic amines is 1. The van der Waals surface area contributed by atoms with E-state index in [2.05, 4.69) is 15.2 Å². The third-order valence-electron chi connectivity index (χ3n) is 2.07. The van der Waals surface area contributed by atoms with Crippen molar-refractivity contribution in [2.24, 2.45) is 0 Å². The number of rotatable bonds is 4. The molecule has 0 bridgehead atoms. The molecule has 8 heteroatoms. The van der Waals surface area contributed by atoms with Crippen molar-refractivity contribution in [1.82, 2.24) is 15.2 Å². The van der Waals surface area contributed by atoms with Crippen molar-refractivity contribution in [3.63, 3.8) is 0 Å². The van der Waals surface area contributed by atoms with Gasteiger partial charge in [-0.2, -0.15) is 4.98 Å². The molecule has 0 atom stereocenters. The molecule has 0 spiro atoms. The van der Waals surface area contributed by atoms with E-state index in [1.54, 1.807) is 6.07 Å². The summed E-state index contributed by atoms with van der Waals surface area (Å²) in [5.74, 6) is 0.0182. The number of nitrogens with zero attached hydrogens (tertiary/aromatic N) is 2. The Morgan fingerprint density at radius 2 is 2.47 bits per heavy atom. The number of carboxylic acid groups (broad SMARTS) is 1. The molecule has 0 aliphatic rings. The highest BCUT2D eigenvalue weighted by atomic mass is 32.2. The second-order valence-corrected chi connectivity index (χ2v) is 5.49. The van der Waals surface area contributed by atoms with Crippen molar-refractivity contribution in [3.8, 4) is 0 Å². The highest BCUT2D eigenvalue weighted by molar-refractivity contribution is 7.98. The number of aryl methyl sites for hydroxylation is 1. The molecule has 4 N–H and O–H groups in total. The predicted molar refractivity (Wildman–Crippen MR) is 66.4 cm³/mol. The first-order valence-electron chi connectivity index (χ1n) is 4.69. The molecule has 2 aromatic rings. The average molecular weight is 270 g/mol. The van der Waals surface area contributed by atoms with E-state index in [1.165, 1.54) is 23.1 Å². The quantitative estimate of drug-likeness (QED) is 0.731. The summed E-state index contributed by atoms with van der Waals surface area (Å²) in [7, 11) is 0. The molecule has 2 heterocycles. The number of aromatic nitrogens is 3. The number of hydrogen-bond donors (Lipinski definition) is 3. The molecule has 0 aliphatic heterocycles. The summed E-state index contributed by atoms with van der Waals surface area (Å²) in [6.45, 7) is 1.90. The van der Waals surface area contributed by atoms with Crippen LogP contribution >= 0.6 is 23.1 Å². The Morgan fingerprint density at radius 3 is 3.00 bits per heavy atom. The van der Waals surface area contributed by atoms with Crippen LogP contribution in [0.5, 0.6) is 0 Å². The van der Waals surface area contributed by atoms with E-state index in [0.717, 1.165) is 10.4 Å². The molecule has 17 heavy (non-hydrogen) atoms. The minimum Gasteiger partial charge on any atom is -0.477 e. The second-order valence-electron chi connectivity index (χ2n) is 3.29. The molecule has 2 rings (SSSR count). The van der Waals surface area contributed by atoms with Crippen LogP contribution in [0.3, 0.4) is 0 Å². The van der Waals surface area contributed by atoms with Crippen molar-refractivity contribution in [2.75, 3.05) is 5.73 Å². The normalized spacial score (nSPS) is 10.6. The number of nitrogens with one attached hydrogen (secondary N) is 1. The van der Waals surface area contributed by atoms with Crippen LogP contribution in [0.15, 0.2) is 11.2 Å². The average Bonchev–Trinajstić information content (AvgIpc) is 2.82. The summed E-state index contributed by atoms with van der Waals surface area (Å²) in [5, 5.41) is 15.9. The summed E-state index contributed by atoms with van der Waals surface area (Å²) in [4.78, 5) is 16.1. The largest absolute Gasteiger partial charge is 0.477 e. The van der Waals surface area contributed by atoms with Gasteiger partial charge in [-0.1, -0.05) is 11.8 Å². The van der Waals surface area contributed by atoms with Gasteiger partial charge in [0.25, 0.3) is 0 Å². The Labute approximate surface area is 105 Å². The third kappa shape index (κ3) is 2.77. The lowest BCUT2D eigenvalue weighted by Gasteiger charge is -1.95. The van der Waals surface area contributed by atoms with Crippen LogP contribution in [0.4, 0.5) is 5.95 Å². The van der Waals surface area contributed by atoms with Gasteiger partial charge in [0, 0.05) is 10.6 Å². The van der Waals surface area contributed by atoms with Crippen LogP contribution in [0.25, 0.3) is 0 Å². The maximum atomic E-state index is 10.8. The van der Waals surface area contributed by atoms with Crippen molar-refractivity contribution in [1.29, 1.82) is 0 Å². The van der Waals surface area contributed by atoms with Crippen LogP contribution in [-0.2, 0) is 5.75 Å². The van der Waals surface area contributed by atoms with Gasteiger partial charge in [-0.3, -0.25) is 0 Å². The maximum Gasteiger partial charge on any atom is 0.345 e. The number of anilines is 1. The highest BCUT2D eigenvalue weighted by Gasteiger charge is 2.12. The van der Waals surface area contributed by atoms with Gasteiger partial charge in [0.05, 0.1) is 0 Å². The lowest BCUT2D eigenvalue weighted by molar-refractivity contribution is 0.0702. The number of carboxylic acids is 1. The van der Waals surface area contributed by atoms with E-state index in [4.69, 9.17) is 10.8 Å². The fourth-order valence-electron chi connectivity index (χ4n) is 1.23. The molecular weight excluding hydrogens is 260 g/mol. The smallest absolute Gasteiger partial charge is 0.345 e. The number of thioether (sulfide) groups is 1. The SMILES string of the molecule is Cc1sc(C(=O)O)cc1CSc1n[nH]c(N)n1. The molecule has 0 aromatic carbocycles. The van der Waals surface area contributed by atoms with Gasteiger partial charge in [-0.25, -0.2) is 9.89 Å². The first kappa shape index (κ1) is 11.9. The predicted octanol–water partition coefficient (Wildman–Crippen LogP) is 1.75. The Balaban J connectivity index is 2.06. The van der Waals surface area contributed by atoms with E-state index in [-0.39, 0.29) is 5.95 Å². The van der Waals surface area contributed by atoms with Gasteiger partial charge in [0.1, 0.15) is 4.88 Å². The van der Waals surface area contributed by atoms with Crippen molar-refractivity contribution in [3.05, 3.63) is 21.4 Å². The zero-order valence-corrected chi connectivity index (χ0v) is 10.6. The Bertz CT molecular complexity index is 549. The highest BCUT2D eigenvalue weighted by Crippen LogP contribution is 2.27. The van der Waals surface area contributed by atoms with Crippen molar-refractivity contribution >= 4 is 35.0 Å². The molecule has 0 unspecified atom stereocenters. The summed E-state index contributed by atoms with van der Waals surface area (Å²) >= 11 is 2.69. The number of nitrogen functional groups attached to an aromatic ring is 1. The molecule has 2 aromatic heterocycles. The van der Waals surface area contributed by atoms with Crippen LogP contribution in [0.1, 0.15) is 20.1 Å². The van der Waals surface area contributed by atoms with E-state index >= 15 is 0 Å². The summed E-state index contributed by atoms with van der Waals surface area (Å²) in [6, 6.07) is 1.69. The molecule has 0 radical (unpaired) electrons. The number of H-pyrrole nitrogens is 1. The number of thiophene rings is 1. The van der Waals surface area contributed by atoms with Gasteiger partial charge >= 0.3 is 5.97 Å². The number of carbonyl (C=O) groups is 1. The Morgan fingerprint density at radius 1 is 1.71 bits per heavy atom. The van der Waals surface area contributed by atoms with E-state index in [1.807, 2.05) is 6.92 Å². The Kier molecular flexibility index (Phi) is 3.34. The fraction of sp³-hybridized carbons (Fsp3) is 0.222. The standard InChI is InChI=1S/C9H10N4O2S2/c1-4-5(2-6(17-4)7(14)15)3-16-9-11-8(10)12-13-9/h2H,3H2,1H3,(H,14,15)(H3,10,11,12,13). The van der Waals surface area contributed by atoms with E-state index < -0.39 is 5.97 Å². The topological polar surface area (TPSA) is 105 Å². The molecule has 0 saturated heterocycles. The lowest BCUT2D eigenvalue weighted by atomic mass is 10.3. The lowest BCUT2D eigenvalue weighted by Crippen LogP contribution is -1.90. The van der Waals surface area contributed by atoms with Gasteiger partial charge in [-0.15, -0.1) is 16.4 Å². The zero-order valence-electron chi connectivity index (χ0n) is 8.93. The minimum atomic E-state index is -0.892. The first-order valence-corrected chi connectivity index (χ1v) is 6.49. The third-order valence-corrected chi connectivity index (χ3v) is 4.05. The summed E-state index contributed by atoms with van der Waals surface area (Å²) in [5.41, 5.74) is 6.39. The minimum absolute atomic E-state index is 0.278. The molecule has 0 saturated carbocycles. The van der Waals surface area contributed by atoms with E-state index in [0.29, 0.717) is 15.8 Å². The summed E-state index contributed by atoms with van der Waals surface area (Å²) < 4.78 is 0. The number of hydrogen-bond acceptors (Lipinski definition) is 6. The molecule has 0 aliphatic carbocycles. The van der Waals surface area contributed by atoms with Crippen LogP contribution in [0, 0.1) is 6.92 Å². The maximum absolute atomic E-state index is 10.8. The monoisotopic (exact) mass is 270 g/mol. The van der Waals surface area contributed by atoms with Crippen molar-refractivity contribution in [2.45, 2.75) is 17.8 Å².